The van der Waals surface area contributed by atoms with Crippen molar-refractivity contribution < 1.29 is 0 Å². The van der Waals surface area contributed by atoms with E-state index in [2.05, 4.69) is 57.4 Å². The van der Waals surface area contributed by atoms with Gasteiger partial charge in [-0.3, -0.25) is 4.68 Å². The summed E-state index contributed by atoms with van der Waals surface area (Å²) in [7, 11) is 0. The molecule has 1 aromatic heterocycles. The number of anilines is 1. The molecule has 0 spiro atoms. The summed E-state index contributed by atoms with van der Waals surface area (Å²) in [6.45, 7) is 6.50. The fraction of sp³-hybridized carbons (Fsp3) is 0.571. The van der Waals surface area contributed by atoms with Crippen LogP contribution in [0.5, 0.6) is 0 Å². The summed E-state index contributed by atoms with van der Waals surface area (Å²) in [5.74, 6) is 0. The van der Waals surface area contributed by atoms with E-state index in [-0.39, 0.29) is 0 Å². The van der Waals surface area contributed by atoms with Crippen molar-refractivity contribution in [1.29, 1.82) is 0 Å². The maximum absolute atomic E-state index is 4.56. The van der Waals surface area contributed by atoms with Gasteiger partial charge in [0.2, 0.25) is 0 Å². The summed E-state index contributed by atoms with van der Waals surface area (Å²) in [4.78, 5) is 2.52. The Bertz CT molecular complexity index is 682. The summed E-state index contributed by atoms with van der Waals surface area (Å²) in [5, 5.41) is 8.32. The average molecular weight is 338 g/mol. The lowest BCUT2D eigenvalue weighted by Gasteiger charge is -2.29. The van der Waals surface area contributed by atoms with Gasteiger partial charge >= 0.3 is 0 Å². The number of piperidine rings is 1. The lowest BCUT2D eigenvalue weighted by Crippen LogP contribution is -2.29. The third-order valence-corrected chi connectivity index (χ3v) is 5.77. The van der Waals surface area contributed by atoms with Crippen LogP contribution in [0.15, 0.2) is 30.5 Å². The molecule has 25 heavy (non-hydrogen) atoms. The molecule has 1 aliphatic carbocycles. The molecule has 0 bridgehead atoms. The number of hydrogen-bond donors (Lipinski definition) is 1. The number of benzene rings is 1. The van der Waals surface area contributed by atoms with E-state index in [0.29, 0.717) is 6.04 Å². The number of nitrogens with zero attached hydrogens (tertiary/aromatic N) is 3. The van der Waals surface area contributed by atoms with Crippen LogP contribution < -0.4 is 10.2 Å². The number of fused-ring (bicyclic) bond motifs is 1. The van der Waals surface area contributed by atoms with Crippen LogP contribution in [0.2, 0.25) is 0 Å². The molecule has 1 unspecified atom stereocenters. The number of nitrogens with one attached hydrogen (secondary N) is 1. The predicted octanol–water partition coefficient (Wildman–Crippen LogP) is 4.06. The van der Waals surface area contributed by atoms with Crippen LogP contribution in [0.4, 0.5) is 5.69 Å². The van der Waals surface area contributed by atoms with Crippen LogP contribution >= 0.6 is 0 Å². The highest BCUT2D eigenvalue weighted by atomic mass is 15.3. The molecular formula is C21H30N4. The second-order valence-corrected chi connectivity index (χ2v) is 7.40. The largest absolute Gasteiger partial charge is 0.372 e. The number of aryl methyl sites for hydroxylation is 1. The highest BCUT2D eigenvalue weighted by molar-refractivity contribution is 5.47. The molecule has 4 nitrogen and oxygen atoms in total. The van der Waals surface area contributed by atoms with Crippen molar-refractivity contribution in [2.24, 2.45) is 0 Å². The van der Waals surface area contributed by atoms with E-state index < -0.39 is 0 Å². The minimum Gasteiger partial charge on any atom is -0.372 e. The monoisotopic (exact) mass is 338 g/mol. The Balaban J connectivity index is 1.38. The normalized spacial score (nSPS) is 20.5. The quantitative estimate of drug-likeness (QED) is 0.892. The summed E-state index contributed by atoms with van der Waals surface area (Å²) in [6, 6.07) is 9.62. The molecule has 2 aromatic rings. The van der Waals surface area contributed by atoms with Crippen LogP contribution in [0.3, 0.4) is 0 Å². The van der Waals surface area contributed by atoms with Gasteiger partial charge in [-0.15, -0.1) is 0 Å². The Labute approximate surface area is 151 Å². The van der Waals surface area contributed by atoms with Gasteiger partial charge in [0, 0.05) is 49.2 Å². The van der Waals surface area contributed by atoms with E-state index >= 15 is 0 Å². The summed E-state index contributed by atoms with van der Waals surface area (Å²) in [5.41, 5.74) is 5.60. The number of rotatable bonds is 5. The fourth-order valence-corrected chi connectivity index (χ4v) is 4.32. The molecule has 2 heterocycles. The maximum atomic E-state index is 4.56. The Morgan fingerprint density at radius 3 is 2.64 bits per heavy atom. The zero-order valence-electron chi connectivity index (χ0n) is 15.4. The van der Waals surface area contributed by atoms with Crippen molar-refractivity contribution in [2.75, 3.05) is 18.0 Å². The topological polar surface area (TPSA) is 33.1 Å². The minimum absolute atomic E-state index is 0.450. The van der Waals surface area contributed by atoms with Gasteiger partial charge in [-0.05, 0) is 63.1 Å². The van der Waals surface area contributed by atoms with Gasteiger partial charge in [0.25, 0.3) is 0 Å². The lowest BCUT2D eigenvalue weighted by atomic mass is 9.93. The highest BCUT2D eigenvalue weighted by Crippen LogP contribution is 2.30. The Morgan fingerprint density at radius 1 is 1.08 bits per heavy atom. The van der Waals surface area contributed by atoms with E-state index in [1.54, 1.807) is 0 Å². The van der Waals surface area contributed by atoms with Gasteiger partial charge in [-0.25, -0.2) is 0 Å². The van der Waals surface area contributed by atoms with E-state index in [9.17, 15) is 0 Å². The first-order valence-electron chi connectivity index (χ1n) is 9.97. The van der Waals surface area contributed by atoms with Crippen molar-refractivity contribution in [1.82, 2.24) is 15.1 Å². The van der Waals surface area contributed by atoms with Crippen LogP contribution in [-0.2, 0) is 19.5 Å². The molecule has 0 radical (unpaired) electrons. The third-order valence-electron chi connectivity index (χ3n) is 5.77. The van der Waals surface area contributed by atoms with Crippen molar-refractivity contribution in [3.05, 3.63) is 47.3 Å². The van der Waals surface area contributed by atoms with Gasteiger partial charge in [0.05, 0.1) is 6.20 Å². The smallest absolute Gasteiger partial charge is 0.0540 e. The Hall–Kier alpha value is -1.81. The van der Waals surface area contributed by atoms with Crippen LogP contribution in [0.25, 0.3) is 0 Å². The molecule has 4 heteroatoms. The maximum Gasteiger partial charge on any atom is 0.0540 e. The molecule has 1 saturated heterocycles. The van der Waals surface area contributed by atoms with Gasteiger partial charge in [0.1, 0.15) is 0 Å². The van der Waals surface area contributed by atoms with Gasteiger partial charge in [0.15, 0.2) is 0 Å². The number of aromatic nitrogens is 2. The van der Waals surface area contributed by atoms with E-state index in [4.69, 9.17) is 0 Å². The van der Waals surface area contributed by atoms with Crippen molar-refractivity contribution >= 4 is 5.69 Å². The van der Waals surface area contributed by atoms with Crippen LogP contribution in [0.1, 0.15) is 61.9 Å². The molecule has 1 aromatic carbocycles. The van der Waals surface area contributed by atoms with Gasteiger partial charge < -0.3 is 10.2 Å². The molecule has 1 fully saturated rings. The number of hydrogen-bond acceptors (Lipinski definition) is 3. The van der Waals surface area contributed by atoms with Crippen LogP contribution in [0, 0.1) is 0 Å². The average Bonchev–Trinajstić information content (AvgIpc) is 3.11. The van der Waals surface area contributed by atoms with E-state index in [1.807, 2.05) is 0 Å². The van der Waals surface area contributed by atoms with Gasteiger partial charge in [-0.1, -0.05) is 12.1 Å². The molecule has 2 aliphatic rings. The van der Waals surface area contributed by atoms with Gasteiger partial charge in [-0.2, -0.15) is 5.10 Å². The van der Waals surface area contributed by atoms with Crippen molar-refractivity contribution in [3.8, 4) is 0 Å². The Kier molecular flexibility index (Phi) is 5.07. The molecule has 0 amide bonds. The molecular weight excluding hydrogens is 308 g/mol. The summed E-state index contributed by atoms with van der Waals surface area (Å²) in [6.07, 6.45) is 9.77. The molecule has 134 valence electrons. The second-order valence-electron chi connectivity index (χ2n) is 7.40. The summed E-state index contributed by atoms with van der Waals surface area (Å²) >= 11 is 0. The SMILES string of the molecule is CCn1ncc2c1CCCC2NCc1ccc(N2CCCCC2)cc1. The standard InChI is InChI=1S/C21H30N4/c1-2-25-21-8-6-7-20(19(21)16-23-25)22-15-17-9-11-18(12-10-17)24-13-4-3-5-14-24/h9-12,16,20,22H,2-8,13-15H2,1H3. The Morgan fingerprint density at radius 2 is 1.88 bits per heavy atom. The summed E-state index contributed by atoms with van der Waals surface area (Å²) < 4.78 is 2.16. The first-order chi connectivity index (χ1) is 12.3. The van der Waals surface area contributed by atoms with E-state index in [1.165, 1.54) is 74.1 Å². The lowest BCUT2D eigenvalue weighted by molar-refractivity contribution is 0.448. The second kappa shape index (κ2) is 7.61. The zero-order chi connectivity index (χ0) is 17.1. The van der Waals surface area contributed by atoms with E-state index in [0.717, 1.165) is 13.1 Å². The molecule has 0 saturated carbocycles. The van der Waals surface area contributed by atoms with Crippen molar-refractivity contribution in [3.63, 3.8) is 0 Å². The third kappa shape index (κ3) is 3.59. The molecule has 1 atom stereocenters. The predicted molar refractivity (Wildman–Crippen MR) is 103 cm³/mol. The first-order valence-corrected chi connectivity index (χ1v) is 9.97. The zero-order valence-corrected chi connectivity index (χ0v) is 15.4. The van der Waals surface area contributed by atoms with Crippen molar-refractivity contribution in [2.45, 2.75) is 64.6 Å². The molecule has 4 rings (SSSR count). The fourth-order valence-electron chi connectivity index (χ4n) is 4.32. The molecule has 1 aliphatic heterocycles. The molecule has 1 N–H and O–H groups in total. The minimum atomic E-state index is 0.450. The highest BCUT2D eigenvalue weighted by Gasteiger charge is 2.23. The first kappa shape index (κ1) is 16.6. The van der Waals surface area contributed by atoms with Crippen LogP contribution in [-0.4, -0.2) is 22.9 Å².